The molecule has 0 saturated heterocycles. The summed E-state index contributed by atoms with van der Waals surface area (Å²) in [5.41, 5.74) is 0.715. The summed E-state index contributed by atoms with van der Waals surface area (Å²) in [6.07, 6.45) is 3.53. The van der Waals surface area contributed by atoms with Gasteiger partial charge >= 0.3 is 5.97 Å². The van der Waals surface area contributed by atoms with Crippen molar-refractivity contribution in [3.63, 3.8) is 0 Å². The Morgan fingerprint density at radius 3 is 2.47 bits per heavy atom. The highest BCUT2D eigenvalue weighted by atomic mass is 35.5. The Morgan fingerprint density at radius 2 is 2.00 bits per heavy atom. The number of aryl methyl sites for hydroxylation is 1. The number of rotatable bonds is 5. The highest BCUT2D eigenvalue weighted by Crippen LogP contribution is 2.27. The summed E-state index contributed by atoms with van der Waals surface area (Å²) in [5, 5.41) is 0.213. The molecule has 0 fully saturated rings. The fourth-order valence-corrected chi connectivity index (χ4v) is 3.00. The lowest BCUT2D eigenvalue weighted by molar-refractivity contribution is 0.0600. The molecule has 1 rings (SSSR count). The topological polar surface area (TPSA) is 60.4 Å². The number of ether oxygens (including phenoxy) is 1. The molecule has 0 N–H and O–H groups in total. The lowest BCUT2D eigenvalue weighted by atomic mass is 10.1. The summed E-state index contributed by atoms with van der Waals surface area (Å²) < 4.78 is 28.2. The Balaban J connectivity index is 3.41. The Labute approximate surface area is 118 Å². The standard InChI is InChI=1S/C13H17ClO4S/c1-4-5-6-9-7-11(14)10(13(15)18-2)8-12(9)19(3,16)17/h7-8H,4-6H2,1-3H3. The minimum Gasteiger partial charge on any atom is -0.465 e. The molecule has 0 aromatic heterocycles. The van der Waals surface area contributed by atoms with E-state index in [9.17, 15) is 13.2 Å². The van der Waals surface area contributed by atoms with E-state index in [0.717, 1.165) is 19.1 Å². The van der Waals surface area contributed by atoms with Gasteiger partial charge in [-0.05, 0) is 30.5 Å². The van der Waals surface area contributed by atoms with Gasteiger partial charge in [-0.15, -0.1) is 0 Å². The number of carbonyl (C=O) groups is 1. The van der Waals surface area contributed by atoms with Crippen molar-refractivity contribution in [1.29, 1.82) is 0 Å². The fraction of sp³-hybridized carbons (Fsp3) is 0.462. The third kappa shape index (κ3) is 3.94. The second kappa shape index (κ2) is 6.39. The maximum atomic E-state index is 11.8. The first-order valence-corrected chi connectivity index (χ1v) is 8.19. The highest BCUT2D eigenvalue weighted by molar-refractivity contribution is 7.90. The predicted octanol–water partition coefficient (Wildman–Crippen LogP) is 2.87. The quantitative estimate of drug-likeness (QED) is 0.785. The molecule has 0 heterocycles. The number of unbranched alkanes of at least 4 members (excludes halogenated alkanes) is 1. The lowest BCUT2D eigenvalue weighted by Gasteiger charge is -2.11. The third-order valence-corrected chi connectivity index (χ3v) is 4.25. The smallest absolute Gasteiger partial charge is 0.339 e. The van der Waals surface area contributed by atoms with E-state index in [0.29, 0.717) is 12.0 Å². The molecule has 1 aromatic rings. The number of halogens is 1. The van der Waals surface area contributed by atoms with Gasteiger partial charge in [-0.2, -0.15) is 0 Å². The Kier molecular flexibility index (Phi) is 5.38. The summed E-state index contributed by atoms with van der Waals surface area (Å²) in [7, 11) is -2.19. The zero-order chi connectivity index (χ0) is 14.6. The van der Waals surface area contributed by atoms with Crippen molar-refractivity contribution in [2.24, 2.45) is 0 Å². The van der Waals surface area contributed by atoms with Crippen molar-refractivity contribution >= 4 is 27.4 Å². The van der Waals surface area contributed by atoms with Crippen LogP contribution in [0.4, 0.5) is 0 Å². The van der Waals surface area contributed by atoms with E-state index in [1.54, 1.807) is 6.07 Å². The normalized spacial score (nSPS) is 11.4. The lowest BCUT2D eigenvalue weighted by Crippen LogP contribution is -2.08. The number of methoxy groups -OCH3 is 1. The van der Waals surface area contributed by atoms with Crippen LogP contribution < -0.4 is 0 Å². The fourth-order valence-electron chi connectivity index (χ4n) is 1.77. The molecular formula is C13H17ClO4S. The average Bonchev–Trinajstić information content (AvgIpc) is 2.33. The van der Waals surface area contributed by atoms with Gasteiger partial charge in [0.05, 0.1) is 22.6 Å². The van der Waals surface area contributed by atoms with E-state index in [1.807, 2.05) is 6.92 Å². The average molecular weight is 305 g/mol. The molecule has 0 spiro atoms. The molecule has 0 unspecified atom stereocenters. The Morgan fingerprint density at radius 1 is 1.37 bits per heavy atom. The number of sulfone groups is 1. The van der Waals surface area contributed by atoms with Gasteiger partial charge in [0.15, 0.2) is 9.84 Å². The van der Waals surface area contributed by atoms with E-state index < -0.39 is 15.8 Å². The van der Waals surface area contributed by atoms with Crippen molar-refractivity contribution < 1.29 is 17.9 Å². The molecule has 0 aliphatic carbocycles. The van der Waals surface area contributed by atoms with Crippen LogP contribution >= 0.6 is 11.6 Å². The van der Waals surface area contributed by atoms with Gasteiger partial charge in [0.2, 0.25) is 0 Å². The van der Waals surface area contributed by atoms with Crippen LogP contribution in [0.1, 0.15) is 35.7 Å². The van der Waals surface area contributed by atoms with E-state index in [4.69, 9.17) is 11.6 Å². The molecule has 1 aromatic carbocycles. The summed E-state index contributed by atoms with van der Waals surface area (Å²) in [6.45, 7) is 2.02. The zero-order valence-corrected chi connectivity index (χ0v) is 12.8. The molecule has 19 heavy (non-hydrogen) atoms. The minimum absolute atomic E-state index is 0.0739. The maximum absolute atomic E-state index is 11.8. The van der Waals surface area contributed by atoms with E-state index in [-0.39, 0.29) is 15.5 Å². The second-order valence-electron chi connectivity index (χ2n) is 4.31. The van der Waals surface area contributed by atoms with Crippen LogP contribution in [0.15, 0.2) is 17.0 Å². The van der Waals surface area contributed by atoms with Crippen LogP contribution in [0, 0.1) is 0 Å². The molecule has 106 valence electrons. The van der Waals surface area contributed by atoms with Crippen LogP contribution in [0.3, 0.4) is 0 Å². The zero-order valence-electron chi connectivity index (χ0n) is 11.2. The van der Waals surface area contributed by atoms with Gasteiger partial charge in [-0.3, -0.25) is 0 Å². The van der Waals surface area contributed by atoms with Crippen LogP contribution in [-0.4, -0.2) is 27.8 Å². The summed E-state index contributed by atoms with van der Waals surface area (Å²) in [6, 6.07) is 2.84. The molecule has 4 nitrogen and oxygen atoms in total. The Bertz CT molecular complexity index is 579. The van der Waals surface area contributed by atoms with Crippen molar-refractivity contribution in [1.82, 2.24) is 0 Å². The SMILES string of the molecule is CCCCc1cc(Cl)c(C(=O)OC)cc1S(C)(=O)=O. The van der Waals surface area contributed by atoms with E-state index in [2.05, 4.69) is 4.74 Å². The molecule has 0 bridgehead atoms. The number of benzene rings is 1. The van der Waals surface area contributed by atoms with Gasteiger partial charge in [0, 0.05) is 6.26 Å². The van der Waals surface area contributed by atoms with Crippen molar-refractivity contribution in [2.45, 2.75) is 31.1 Å². The van der Waals surface area contributed by atoms with Crippen molar-refractivity contribution in [3.05, 3.63) is 28.3 Å². The van der Waals surface area contributed by atoms with Gasteiger partial charge in [-0.1, -0.05) is 24.9 Å². The van der Waals surface area contributed by atoms with Crippen LogP contribution in [0.25, 0.3) is 0 Å². The largest absolute Gasteiger partial charge is 0.465 e. The first kappa shape index (κ1) is 16.0. The summed E-state index contributed by atoms with van der Waals surface area (Å²) in [4.78, 5) is 11.7. The Hall–Kier alpha value is -1.07. The number of carbonyl (C=O) groups excluding carboxylic acids is 1. The number of hydrogen-bond acceptors (Lipinski definition) is 4. The minimum atomic E-state index is -3.41. The van der Waals surface area contributed by atoms with Gasteiger partial charge < -0.3 is 4.74 Å². The van der Waals surface area contributed by atoms with Crippen molar-refractivity contribution in [2.75, 3.05) is 13.4 Å². The maximum Gasteiger partial charge on any atom is 0.339 e. The first-order valence-electron chi connectivity index (χ1n) is 5.92. The molecule has 0 saturated carbocycles. The number of hydrogen-bond donors (Lipinski definition) is 0. The molecular weight excluding hydrogens is 288 g/mol. The highest BCUT2D eigenvalue weighted by Gasteiger charge is 2.20. The molecule has 0 aliphatic heterocycles. The van der Waals surface area contributed by atoms with Gasteiger partial charge in [-0.25, -0.2) is 13.2 Å². The first-order chi connectivity index (χ1) is 8.81. The number of esters is 1. The molecule has 6 heteroatoms. The van der Waals surface area contributed by atoms with E-state index in [1.165, 1.54) is 13.2 Å². The molecule has 0 aliphatic rings. The summed E-state index contributed by atoms with van der Waals surface area (Å²) in [5.74, 6) is -0.642. The van der Waals surface area contributed by atoms with Gasteiger partial charge in [0.1, 0.15) is 0 Å². The molecule has 0 atom stereocenters. The van der Waals surface area contributed by atoms with Crippen LogP contribution in [0.5, 0.6) is 0 Å². The van der Waals surface area contributed by atoms with Crippen LogP contribution in [0.2, 0.25) is 5.02 Å². The van der Waals surface area contributed by atoms with E-state index >= 15 is 0 Å². The summed E-state index contributed by atoms with van der Waals surface area (Å²) >= 11 is 6.01. The second-order valence-corrected chi connectivity index (χ2v) is 6.70. The van der Waals surface area contributed by atoms with Crippen LogP contribution in [-0.2, 0) is 21.0 Å². The van der Waals surface area contributed by atoms with Crippen molar-refractivity contribution in [3.8, 4) is 0 Å². The monoisotopic (exact) mass is 304 g/mol. The van der Waals surface area contributed by atoms with Gasteiger partial charge in [0.25, 0.3) is 0 Å². The third-order valence-electron chi connectivity index (χ3n) is 2.75. The predicted molar refractivity (Wildman–Crippen MR) is 74.5 cm³/mol. The molecule has 0 amide bonds. The molecule has 0 radical (unpaired) electrons.